The lowest BCUT2D eigenvalue weighted by Gasteiger charge is -2.19. The largest absolute Gasteiger partial charge is 0.497 e. The number of thioether (sulfide) groups is 1. The van der Waals surface area contributed by atoms with Crippen molar-refractivity contribution in [3.63, 3.8) is 0 Å². The Morgan fingerprint density at radius 1 is 1.45 bits per heavy atom. The third-order valence-electron chi connectivity index (χ3n) is 2.64. The Morgan fingerprint density at radius 3 is 2.70 bits per heavy atom. The van der Waals surface area contributed by atoms with Crippen LogP contribution in [0.3, 0.4) is 0 Å². The maximum Gasteiger partial charge on any atom is 0.240 e. The van der Waals surface area contributed by atoms with E-state index in [0.717, 1.165) is 23.6 Å². The van der Waals surface area contributed by atoms with Crippen molar-refractivity contribution < 1.29 is 17.9 Å². The molecule has 0 fully saturated rings. The number of hydrazone groups is 1. The van der Waals surface area contributed by atoms with Gasteiger partial charge in [-0.1, -0.05) is 23.9 Å². The fraction of sp³-hybridized carbons (Fsp3) is 0.333. The van der Waals surface area contributed by atoms with Crippen LogP contribution in [0, 0.1) is 0 Å². The van der Waals surface area contributed by atoms with Crippen LogP contribution >= 0.6 is 11.8 Å². The number of nitrogens with zero attached hydrogens (tertiary/aromatic N) is 2. The van der Waals surface area contributed by atoms with Crippen LogP contribution in [-0.4, -0.2) is 37.1 Å². The summed E-state index contributed by atoms with van der Waals surface area (Å²) < 4.78 is 28.3. The van der Waals surface area contributed by atoms with Gasteiger partial charge in [0.2, 0.25) is 20.1 Å². The number of methoxy groups -OCH3 is 1. The number of rotatable bonds is 2. The molecule has 0 radical (unpaired) electrons. The van der Waals surface area contributed by atoms with Crippen LogP contribution in [0.5, 0.6) is 5.75 Å². The predicted octanol–water partition coefficient (Wildman–Crippen LogP) is 1.60. The van der Waals surface area contributed by atoms with Gasteiger partial charge in [-0.15, -0.1) is 5.10 Å². The van der Waals surface area contributed by atoms with Gasteiger partial charge < -0.3 is 4.74 Å². The van der Waals surface area contributed by atoms with Gasteiger partial charge >= 0.3 is 0 Å². The van der Waals surface area contributed by atoms with Crippen molar-refractivity contribution in [2.45, 2.75) is 12.3 Å². The Balaban J connectivity index is 2.39. The fourth-order valence-corrected chi connectivity index (χ4v) is 3.82. The lowest BCUT2D eigenvalue weighted by atomic mass is 10.2. The number of hydrogen-bond donors (Lipinski definition) is 0. The molecular formula is C12H14N2O4S2. The number of carbonyl (C=O) groups excluding carboxylic acids is 1. The zero-order valence-corrected chi connectivity index (χ0v) is 12.9. The molecule has 108 valence electrons. The van der Waals surface area contributed by atoms with Crippen LogP contribution in [0.1, 0.15) is 17.9 Å². The number of carbonyl (C=O) groups is 1. The van der Waals surface area contributed by atoms with Gasteiger partial charge in [0.15, 0.2) is 0 Å². The fourth-order valence-electron chi connectivity index (χ4n) is 1.71. The molecule has 1 aliphatic heterocycles. The van der Waals surface area contributed by atoms with E-state index in [0.29, 0.717) is 5.75 Å². The zero-order chi connectivity index (χ0) is 14.9. The molecule has 1 unspecified atom stereocenters. The van der Waals surface area contributed by atoms with E-state index in [4.69, 9.17) is 4.74 Å². The minimum Gasteiger partial charge on any atom is -0.497 e. The van der Waals surface area contributed by atoms with Gasteiger partial charge in [0.05, 0.1) is 7.11 Å². The van der Waals surface area contributed by atoms with Crippen LogP contribution < -0.4 is 4.74 Å². The molecule has 0 aromatic heterocycles. The van der Waals surface area contributed by atoms with Crippen molar-refractivity contribution in [3.8, 4) is 5.75 Å². The molecule has 20 heavy (non-hydrogen) atoms. The van der Waals surface area contributed by atoms with Crippen molar-refractivity contribution in [1.29, 1.82) is 0 Å². The van der Waals surface area contributed by atoms with E-state index < -0.39 is 15.2 Å². The first-order chi connectivity index (χ1) is 9.32. The van der Waals surface area contributed by atoms with Gasteiger partial charge in [0.1, 0.15) is 11.1 Å². The van der Waals surface area contributed by atoms with E-state index in [1.807, 2.05) is 0 Å². The summed E-state index contributed by atoms with van der Waals surface area (Å²) in [4.78, 5) is 11.6. The number of ether oxygens (including phenoxy) is 1. The Hall–Kier alpha value is -1.54. The molecule has 0 N–H and O–H groups in total. The maximum absolute atomic E-state index is 11.6. The normalized spacial score (nSPS) is 18.9. The van der Waals surface area contributed by atoms with Crippen LogP contribution in [0.4, 0.5) is 0 Å². The quantitative estimate of drug-likeness (QED) is 0.829. The molecule has 0 spiro atoms. The summed E-state index contributed by atoms with van der Waals surface area (Å²) in [6.07, 6.45) is 1.07. The Morgan fingerprint density at radius 2 is 2.15 bits per heavy atom. The summed E-state index contributed by atoms with van der Waals surface area (Å²) in [7, 11) is -1.89. The highest BCUT2D eigenvalue weighted by Gasteiger charge is 2.35. The summed E-state index contributed by atoms with van der Waals surface area (Å²) in [6, 6.07) is 7.12. The minimum atomic E-state index is -3.44. The second-order valence-electron chi connectivity index (χ2n) is 4.25. The molecule has 1 heterocycles. The molecule has 1 aromatic rings. The molecular weight excluding hydrogens is 300 g/mol. The van der Waals surface area contributed by atoms with Gasteiger partial charge in [-0.2, -0.15) is 0 Å². The molecule has 6 nitrogen and oxygen atoms in total. The smallest absolute Gasteiger partial charge is 0.240 e. The molecule has 0 saturated heterocycles. The molecule has 0 bridgehead atoms. The summed E-state index contributed by atoms with van der Waals surface area (Å²) in [5.41, 5.74) is 0.756. The second kappa shape index (κ2) is 5.45. The van der Waals surface area contributed by atoms with E-state index in [2.05, 4.69) is 5.10 Å². The predicted molar refractivity (Wildman–Crippen MR) is 78.1 cm³/mol. The van der Waals surface area contributed by atoms with Crippen LogP contribution in [-0.2, 0) is 14.6 Å². The Kier molecular flexibility index (Phi) is 4.05. The minimum absolute atomic E-state index is 0.0551. The van der Waals surface area contributed by atoms with Crippen LogP contribution in [0.2, 0.25) is 0 Å². The lowest BCUT2D eigenvalue weighted by molar-refractivity contribution is -0.129. The molecule has 0 saturated carbocycles. The third kappa shape index (κ3) is 2.96. The Labute approximate surface area is 121 Å². The first kappa shape index (κ1) is 14.9. The van der Waals surface area contributed by atoms with E-state index >= 15 is 0 Å². The number of hydrogen-bond acceptors (Lipinski definition) is 6. The van der Waals surface area contributed by atoms with Gasteiger partial charge in [-0.05, 0) is 17.7 Å². The van der Waals surface area contributed by atoms with Crippen molar-refractivity contribution >= 4 is 31.9 Å². The number of sulfone groups is 1. The van der Waals surface area contributed by atoms with E-state index in [1.165, 1.54) is 11.9 Å². The second-order valence-corrected chi connectivity index (χ2v) is 7.51. The maximum atomic E-state index is 11.6. The number of amides is 1. The highest BCUT2D eigenvalue weighted by Crippen LogP contribution is 2.41. The SMILES string of the molecule is COc1cccc(C2SC(S(C)(=O)=O)=NN2C(C)=O)c1. The highest BCUT2D eigenvalue weighted by molar-refractivity contribution is 8.35. The summed E-state index contributed by atoms with van der Waals surface area (Å²) in [6.45, 7) is 1.35. The average molecular weight is 314 g/mol. The molecule has 1 atom stereocenters. The standard InChI is InChI=1S/C12H14N2O4S2/c1-8(15)14-11(19-12(13-14)20(3,16)17)9-5-4-6-10(7-9)18-2/h4-7,11H,1-3H3. The first-order valence-corrected chi connectivity index (χ1v) is 8.49. The monoisotopic (exact) mass is 314 g/mol. The molecule has 1 amide bonds. The number of benzene rings is 1. The van der Waals surface area contributed by atoms with Gasteiger partial charge in [0, 0.05) is 13.2 Å². The highest BCUT2D eigenvalue weighted by atomic mass is 32.3. The van der Waals surface area contributed by atoms with Crippen LogP contribution in [0.15, 0.2) is 29.4 Å². The summed E-state index contributed by atoms with van der Waals surface area (Å²) >= 11 is 1.04. The molecule has 8 heteroatoms. The molecule has 2 rings (SSSR count). The summed E-state index contributed by atoms with van der Waals surface area (Å²) in [5, 5.41) is 4.59. The van der Waals surface area contributed by atoms with E-state index in [-0.39, 0.29) is 10.3 Å². The molecule has 1 aliphatic rings. The molecule has 1 aromatic carbocycles. The van der Waals surface area contributed by atoms with Gasteiger partial charge in [-0.3, -0.25) is 4.79 Å². The third-order valence-corrected chi connectivity index (χ3v) is 5.53. The summed E-state index contributed by atoms with van der Waals surface area (Å²) in [5.74, 6) is 0.323. The van der Waals surface area contributed by atoms with Crippen molar-refractivity contribution in [3.05, 3.63) is 29.8 Å². The van der Waals surface area contributed by atoms with Gasteiger partial charge in [-0.25, -0.2) is 13.4 Å². The van der Waals surface area contributed by atoms with Gasteiger partial charge in [0.25, 0.3) is 0 Å². The van der Waals surface area contributed by atoms with E-state index in [1.54, 1.807) is 31.4 Å². The topological polar surface area (TPSA) is 76.0 Å². The van der Waals surface area contributed by atoms with E-state index in [9.17, 15) is 13.2 Å². The lowest BCUT2D eigenvalue weighted by Crippen LogP contribution is -2.23. The zero-order valence-electron chi connectivity index (χ0n) is 11.2. The average Bonchev–Trinajstić information content (AvgIpc) is 2.84. The first-order valence-electron chi connectivity index (χ1n) is 5.72. The molecule has 0 aliphatic carbocycles. The Bertz CT molecular complexity index is 670. The van der Waals surface area contributed by atoms with Crippen molar-refractivity contribution in [1.82, 2.24) is 5.01 Å². The van der Waals surface area contributed by atoms with Crippen LogP contribution in [0.25, 0.3) is 0 Å². The van der Waals surface area contributed by atoms with Crippen molar-refractivity contribution in [2.24, 2.45) is 5.10 Å². The van der Waals surface area contributed by atoms with Crippen molar-refractivity contribution in [2.75, 3.05) is 13.4 Å².